The van der Waals surface area contributed by atoms with Gasteiger partial charge < -0.3 is 9.47 Å². The van der Waals surface area contributed by atoms with Gasteiger partial charge in [-0.25, -0.2) is 4.39 Å². The van der Waals surface area contributed by atoms with Crippen LogP contribution < -0.4 is 9.47 Å². The summed E-state index contributed by atoms with van der Waals surface area (Å²) >= 11 is 0. The predicted octanol–water partition coefficient (Wildman–Crippen LogP) is 3.99. The largest absolute Gasteiger partial charge is 0.496 e. The molecule has 0 fully saturated rings. The molecule has 0 aliphatic heterocycles. The molecule has 0 atom stereocenters. The molecule has 0 heterocycles. The van der Waals surface area contributed by atoms with Gasteiger partial charge in [0.25, 0.3) is 0 Å². The maximum absolute atomic E-state index is 12.3. The standard InChI is InChI=1S/C14H19FO2/c1-4-8-17-14-10-13(16-3)12(6-7-15)9-11(14)5-2/h6-7,9-10H,4-5,8H2,1-3H3/b7-6+. The first kappa shape index (κ1) is 13.6. The Bertz CT molecular complexity index is 386. The zero-order chi connectivity index (χ0) is 12.7. The van der Waals surface area contributed by atoms with Gasteiger partial charge in [0.05, 0.1) is 20.0 Å². The molecule has 0 aliphatic carbocycles. The van der Waals surface area contributed by atoms with Crippen molar-refractivity contribution in [2.45, 2.75) is 26.7 Å². The Hall–Kier alpha value is -1.51. The number of hydrogen-bond donors (Lipinski definition) is 0. The van der Waals surface area contributed by atoms with Gasteiger partial charge in [0.15, 0.2) is 0 Å². The van der Waals surface area contributed by atoms with Crippen LogP contribution in [0, 0.1) is 0 Å². The molecular formula is C14H19FO2. The van der Waals surface area contributed by atoms with Gasteiger partial charge >= 0.3 is 0 Å². The van der Waals surface area contributed by atoms with Gasteiger partial charge in [-0.1, -0.05) is 13.8 Å². The second kappa shape index (κ2) is 6.94. The summed E-state index contributed by atoms with van der Waals surface area (Å²) in [6, 6.07) is 3.73. The highest BCUT2D eigenvalue weighted by atomic mass is 19.1. The summed E-state index contributed by atoms with van der Waals surface area (Å²) in [5.41, 5.74) is 1.79. The van der Waals surface area contributed by atoms with Crippen LogP contribution in [0.1, 0.15) is 31.4 Å². The third-order valence-electron chi connectivity index (χ3n) is 2.50. The lowest BCUT2D eigenvalue weighted by Crippen LogP contribution is -2.00. The molecule has 0 spiro atoms. The maximum atomic E-state index is 12.3. The first-order valence-corrected chi connectivity index (χ1v) is 5.87. The van der Waals surface area contributed by atoms with Crippen LogP contribution in [0.25, 0.3) is 6.08 Å². The van der Waals surface area contributed by atoms with E-state index in [2.05, 4.69) is 6.92 Å². The molecule has 2 nitrogen and oxygen atoms in total. The number of aryl methyl sites for hydroxylation is 1. The second-order valence-electron chi connectivity index (χ2n) is 3.70. The number of ether oxygens (including phenoxy) is 2. The minimum Gasteiger partial charge on any atom is -0.496 e. The van der Waals surface area contributed by atoms with Gasteiger partial charge in [-0.2, -0.15) is 0 Å². The highest BCUT2D eigenvalue weighted by Gasteiger charge is 2.08. The summed E-state index contributed by atoms with van der Waals surface area (Å²) < 4.78 is 23.1. The van der Waals surface area contributed by atoms with Crippen LogP contribution in [-0.2, 0) is 6.42 Å². The van der Waals surface area contributed by atoms with Crippen molar-refractivity contribution in [2.24, 2.45) is 0 Å². The summed E-state index contributed by atoms with van der Waals surface area (Å²) in [4.78, 5) is 0. The maximum Gasteiger partial charge on any atom is 0.129 e. The number of benzene rings is 1. The highest BCUT2D eigenvalue weighted by molar-refractivity contribution is 5.61. The molecule has 1 aromatic rings. The molecule has 0 aromatic heterocycles. The van der Waals surface area contributed by atoms with Crippen molar-refractivity contribution in [1.29, 1.82) is 0 Å². The zero-order valence-electron chi connectivity index (χ0n) is 10.6. The normalized spacial score (nSPS) is 10.8. The van der Waals surface area contributed by atoms with Crippen molar-refractivity contribution >= 4 is 6.08 Å². The van der Waals surface area contributed by atoms with E-state index < -0.39 is 0 Å². The van der Waals surface area contributed by atoms with Crippen LogP contribution in [-0.4, -0.2) is 13.7 Å². The van der Waals surface area contributed by atoms with Crippen molar-refractivity contribution in [3.05, 3.63) is 29.6 Å². The molecule has 1 rings (SSSR count). The van der Waals surface area contributed by atoms with Crippen molar-refractivity contribution in [1.82, 2.24) is 0 Å². The number of methoxy groups -OCH3 is 1. The van der Waals surface area contributed by atoms with E-state index in [9.17, 15) is 4.39 Å². The molecule has 17 heavy (non-hydrogen) atoms. The minimum absolute atomic E-state index is 0.518. The molecule has 0 amide bonds. The van der Waals surface area contributed by atoms with Crippen LogP contribution in [0.5, 0.6) is 11.5 Å². The van der Waals surface area contributed by atoms with Gasteiger partial charge in [0.2, 0.25) is 0 Å². The molecule has 0 bridgehead atoms. The molecule has 0 radical (unpaired) electrons. The minimum atomic E-state index is 0.518. The summed E-state index contributed by atoms with van der Waals surface area (Å²) in [6.07, 6.45) is 3.71. The molecule has 94 valence electrons. The van der Waals surface area contributed by atoms with E-state index in [1.165, 1.54) is 6.08 Å². The van der Waals surface area contributed by atoms with Crippen LogP contribution in [0.4, 0.5) is 4.39 Å². The fourth-order valence-corrected chi connectivity index (χ4v) is 1.62. The predicted molar refractivity (Wildman–Crippen MR) is 68.3 cm³/mol. The topological polar surface area (TPSA) is 18.5 Å². The van der Waals surface area contributed by atoms with Crippen LogP contribution in [0.2, 0.25) is 0 Å². The molecule has 0 unspecified atom stereocenters. The first-order valence-electron chi connectivity index (χ1n) is 5.87. The van der Waals surface area contributed by atoms with Crippen LogP contribution in [0.3, 0.4) is 0 Å². The lowest BCUT2D eigenvalue weighted by atomic mass is 10.1. The molecule has 0 saturated heterocycles. The van der Waals surface area contributed by atoms with Crippen molar-refractivity contribution in [3.63, 3.8) is 0 Å². The van der Waals surface area contributed by atoms with Crippen LogP contribution >= 0.6 is 0 Å². The number of halogens is 1. The second-order valence-corrected chi connectivity index (χ2v) is 3.70. The molecule has 0 N–H and O–H groups in total. The quantitative estimate of drug-likeness (QED) is 0.746. The van der Waals surface area contributed by atoms with Gasteiger partial charge in [-0.3, -0.25) is 0 Å². The van der Waals surface area contributed by atoms with E-state index in [0.29, 0.717) is 18.7 Å². The Morgan fingerprint density at radius 2 is 2.00 bits per heavy atom. The van der Waals surface area contributed by atoms with Gasteiger partial charge in [0, 0.05) is 11.6 Å². The average Bonchev–Trinajstić information content (AvgIpc) is 2.36. The fraction of sp³-hybridized carbons (Fsp3) is 0.429. The summed E-state index contributed by atoms with van der Waals surface area (Å²) in [7, 11) is 1.57. The Kier molecular flexibility index (Phi) is 5.53. The van der Waals surface area contributed by atoms with E-state index in [4.69, 9.17) is 9.47 Å². The first-order chi connectivity index (χ1) is 8.26. The highest BCUT2D eigenvalue weighted by Crippen LogP contribution is 2.30. The summed E-state index contributed by atoms with van der Waals surface area (Å²) in [5, 5.41) is 0. The Labute approximate surface area is 102 Å². The van der Waals surface area contributed by atoms with Gasteiger partial charge in [0.1, 0.15) is 11.5 Å². The molecule has 1 aromatic carbocycles. The molecule has 3 heteroatoms. The van der Waals surface area contributed by atoms with E-state index >= 15 is 0 Å². The summed E-state index contributed by atoms with van der Waals surface area (Å²) in [5.74, 6) is 1.45. The van der Waals surface area contributed by atoms with Crippen molar-refractivity contribution in [2.75, 3.05) is 13.7 Å². The Morgan fingerprint density at radius 1 is 1.24 bits per heavy atom. The Balaban J connectivity index is 3.12. The van der Waals surface area contributed by atoms with E-state index in [-0.39, 0.29) is 0 Å². The molecule has 0 saturated carbocycles. The third-order valence-corrected chi connectivity index (χ3v) is 2.50. The van der Waals surface area contributed by atoms with Gasteiger partial charge in [-0.15, -0.1) is 0 Å². The monoisotopic (exact) mass is 238 g/mol. The lowest BCUT2D eigenvalue weighted by Gasteiger charge is -2.13. The van der Waals surface area contributed by atoms with Crippen molar-refractivity contribution < 1.29 is 13.9 Å². The zero-order valence-corrected chi connectivity index (χ0v) is 10.6. The van der Waals surface area contributed by atoms with E-state index in [1.807, 2.05) is 19.1 Å². The smallest absolute Gasteiger partial charge is 0.129 e. The average molecular weight is 238 g/mol. The SMILES string of the molecule is CCCOc1cc(OC)c(/C=C/F)cc1CC. The number of hydrogen-bond acceptors (Lipinski definition) is 2. The fourth-order valence-electron chi connectivity index (χ4n) is 1.62. The van der Waals surface area contributed by atoms with Crippen LogP contribution in [0.15, 0.2) is 18.5 Å². The van der Waals surface area contributed by atoms with E-state index in [1.54, 1.807) is 7.11 Å². The Morgan fingerprint density at radius 3 is 2.53 bits per heavy atom. The van der Waals surface area contributed by atoms with E-state index in [0.717, 1.165) is 29.7 Å². The lowest BCUT2D eigenvalue weighted by molar-refractivity contribution is 0.311. The van der Waals surface area contributed by atoms with Gasteiger partial charge in [-0.05, 0) is 30.5 Å². The summed E-state index contributed by atoms with van der Waals surface area (Å²) in [6.45, 7) is 4.78. The molecular weight excluding hydrogens is 219 g/mol. The number of rotatable bonds is 6. The van der Waals surface area contributed by atoms with Crippen molar-refractivity contribution in [3.8, 4) is 11.5 Å². The third kappa shape index (κ3) is 3.48. The molecule has 0 aliphatic rings.